The van der Waals surface area contributed by atoms with E-state index in [2.05, 4.69) is 9.97 Å². The van der Waals surface area contributed by atoms with Gasteiger partial charge >= 0.3 is 0 Å². The molecule has 0 aliphatic carbocycles. The summed E-state index contributed by atoms with van der Waals surface area (Å²) < 4.78 is 18.7. The van der Waals surface area contributed by atoms with Gasteiger partial charge in [0.15, 0.2) is 11.6 Å². The van der Waals surface area contributed by atoms with Crippen LogP contribution in [-0.2, 0) is 6.42 Å². The first-order valence-electron chi connectivity index (χ1n) is 5.93. The molecule has 0 atom stereocenters. The van der Waals surface area contributed by atoms with Gasteiger partial charge in [-0.1, -0.05) is 18.5 Å². The van der Waals surface area contributed by atoms with E-state index < -0.39 is 5.82 Å². The highest BCUT2D eigenvalue weighted by Gasteiger charge is 2.12. The Balaban J connectivity index is 2.58. The molecule has 0 aliphatic heterocycles. The lowest BCUT2D eigenvalue weighted by atomic mass is 10.1. The maximum absolute atomic E-state index is 13.7. The molecule has 2 aromatic rings. The number of hydrogen-bond acceptors (Lipinski definition) is 3. The average Bonchev–Trinajstić information content (AvgIpc) is 2.41. The molecule has 100 valence electrons. The van der Waals surface area contributed by atoms with Gasteiger partial charge in [-0.25, -0.2) is 14.4 Å². The molecule has 0 radical (unpaired) electrons. The van der Waals surface area contributed by atoms with Crippen LogP contribution in [0.5, 0.6) is 5.75 Å². The summed E-state index contributed by atoms with van der Waals surface area (Å²) in [6.45, 7) is 3.76. The van der Waals surface area contributed by atoms with Gasteiger partial charge in [0.25, 0.3) is 0 Å². The minimum absolute atomic E-state index is 0.206. The summed E-state index contributed by atoms with van der Waals surface area (Å²) in [5.74, 6) is 0.422. The van der Waals surface area contributed by atoms with Gasteiger partial charge in [-0.2, -0.15) is 0 Å². The number of nitrogens with zero attached hydrogens (tertiary/aromatic N) is 2. The van der Waals surface area contributed by atoms with E-state index in [4.69, 9.17) is 16.3 Å². The van der Waals surface area contributed by atoms with E-state index in [0.717, 1.165) is 5.56 Å². The monoisotopic (exact) mass is 280 g/mol. The number of methoxy groups -OCH3 is 1. The van der Waals surface area contributed by atoms with Crippen molar-refractivity contribution in [2.45, 2.75) is 20.3 Å². The Morgan fingerprint density at radius 1 is 1.32 bits per heavy atom. The van der Waals surface area contributed by atoms with Crippen LogP contribution in [0.2, 0.25) is 5.15 Å². The van der Waals surface area contributed by atoms with Gasteiger partial charge in [0.1, 0.15) is 11.0 Å². The third-order valence-electron chi connectivity index (χ3n) is 2.87. The summed E-state index contributed by atoms with van der Waals surface area (Å²) >= 11 is 6.08. The third-order valence-corrected chi connectivity index (χ3v) is 3.24. The van der Waals surface area contributed by atoms with Gasteiger partial charge in [-0.15, -0.1) is 0 Å². The van der Waals surface area contributed by atoms with Crippen LogP contribution >= 0.6 is 11.6 Å². The summed E-state index contributed by atoms with van der Waals surface area (Å²) in [6, 6.07) is 4.72. The fourth-order valence-electron chi connectivity index (χ4n) is 1.79. The van der Waals surface area contributed by atoms with Crippen LogP contribution in [0.3, 0.4) is 0 Å². The van der Waals surface area contributed by atoms with E-state index in [1.807, 2.05) is 13.8 Å². The number of aryl methyl sites for hydroxylation is 1. The fourth-order valence-corrected chi connectivity index (χ4v) is 1.97. The van der Waals surface area contributed by atoms with Crippen molar-refractivity contribution in [3.05, 3.63) is 40.6 Å². The van der Waals surface area contributed by atoms with Crippen LogP contribution in [-0.4, -0.2) is 17.1 Å². The number of aromatic nitrogens is 2. The quantitative estimate of drug-likeness (QED) is 0.802. The lowest BCUT2D eigenvalue weighted by molar-refractivity contribution is 0.386. The number of benzene rings is 1. The second-order valence-corrected chi connectivity index (χ2v) is 4.47. The first kappa shape index (κ1) is 13.7. The molecule has 0 N–H and O–H groups in total. The molecule has 0 saturated heterocycles. The van der Waals surface area contributed by atoms with Crippen molar-refractivity contribution < 1.29 is 9.13 Å². The van der Waals surface area contributed by atoms with Crippen LogP contribution in [0.4, 0.5) is 4.39 Å². The number of ether oxygens (including phenoxy) is 1. The predicted octanol–water partition coefficient (Wildman–Crippen LogP) is 3.82. The normalized spacial score (nSPS) is 10.6. The SMILES string of the molecule is CCc1nc(Cl)c(C)c(-c2ccc(OC)c(F)c2)n1. The summed E-state index contributed by atoms with van der Waals surface area (Å²) in [5.41, 5.74) is 2.05. The predicted molar refractivity (Wildman–Crippen MR) is 73.1 cm³/mol. The smallest absolute Gasteiger partial charge is 0.165 e. The van der Waals surface area contributed by atoms with E-state index in [1.54, 1.807) is 12.1 Å². The first-order valence-corrected chi connectivity index (χ1v) is 6.31. The molecular formula is C14H14ClFN2O. The lowest BCUT2D eigenvalue weighted by Gasteiger charge is -2.10. The van der Waals surface area contributed by atoms with Gasteiger partial charge in [-0.05, 0) is 25.1 Å². The molecule has 0 saturated carbocycles. The molecule has 0 aliphatic rings. The minimum atomic E-state index is -0.424. The number of halogens is 2. The molecule has 19 heavy (non-hydrogen) atoms. The number of rotatable bonds is 3. The lowest BCUT2D eigenvalue weighted by Crippen LogP contribution is -2.00. The highest BCUT2D eigenvalue weighted by Crippen LogP contribution is 2.29. The summed E-state index contributed by atoms with van der Waals surface area (Å²) in [4.78, 5) is 8.58. The Kier molecular flexibility index (Phi) is 4.00. The van der Waals surface area contributed by atoms with E-state index in [1.165, 1.54) is 13.2 Å². The molecule has 1 heterocycles. The van der Waals surface area contributed by atoms with Crippen molar-refractivity contribution in [1.29, 1.82) is 0 Å². The molecule has 1 aromatic carbocycles. The van der Waals surface area contributed by atoms with Gasteiger partial charge in [0, 0.05) is 17.5 Å². The van der Waals surface area contributed by atoms with Crippen molar-refractivity contribution in [2.75, 3.05) is 7.11 Å². The van der Waals surface area contributed by atoms with Crippen LogP contribution in [0.1, 0.15) is 18.3 Å². The fraction of sp³-hybridized carbons (Fsp3) is 0.286. The van der Waals surface area contributed by atoms with Gasteiger partial charge < -0.3 is 4.74 Å². The average molecular weight is 281 g/mol. The minimum Gasteiger partial charge on any atom is -0.494 e. The van der Waals surface area contributed by atoms with Crippen molar-refractivity contribution in [3.8, 4) is 17.0 Å². The zero-order valence-electron chi connectivity index (χ0n) is 11.0. The summed E-state index contributed by atoms with van der Waals surface area (Å²) in [7, 11) is 1.43. The largest absolute Gasteiger partial charge is 0.494 e. The van der Waals surface area contributed by atoms with Crippen molar-refractivity contribution >= 4 is 11.6 Å². The Morgan fingerprint density at radius 3 is 2.63 bits per heavy atom. The molecule has 1 aromatic heterocycles. The Bertz CT molecular complexity index is 617. The molecule has 0 bridgehead atoms. The highest BCUT2D eigenvalue weighted by atomic mass is 35.5. The Hall–Kier alpha value is -1.68. The zero-order valence-corrected chi connectivity index (χ0v) is 11.8. The van der Waals surface area contributed by atoms with Crippen LogP contribution in [0.25, 0.3) is 11.3 Å². The van der Waals surface area contributed by atoms with Crippen LogP contribution < -0.4 is 4.74 Å². The van der Waals surface area contributed by atoms with E-state index >= 15 is 0 Å². The maximum Gasteiger partial charge on any atom is 0.165 e. The molecule has 0 unspecified atom stereocenters. The molecule has 0 spiro atoms. The van der Waals surface area contributed by atoms with Crippen molar-refractivity contribution in [2.24, 2.45) is 0 Å². The second-order valence-electron chi connectivity index (χ2n) is 4.11. The maximum atomic E-state index is 13.7. The van der Waals surface area contributed by atoms with Gasteiger partial charge in [-0.3, -0.25) is 0 Å². The van der Waals surface area contributed by atoms with Crippen LogP contribution in [0.15, 0.2) is 18.2 Å². The third kappa shape index (κ3) is 2.68. The second kappa shape index (κ2) is 5.53. The van der Waals surface area contributed by atoms with Crippen LogP contribution in [0, 0.1) is 12.7 Å². The topological polar surface area (TPSA) is 35.0 Å². The highest BCUT2D eigenvalue weighted by molar-refractivity contribution is 6.30. The zero-order chi connectivity index (χ0) is 14.0. The van der Waals surface area contributed by atoms with E-state index in [9.17, 15) is 4.39 Å². The molecule has 2 rings (SSSR count). The van der Waals surface area contributed by atoms with Crippen molar-refractivity contribution in [1.82, 2.24) is 9.97 Å². The standard InChI is InChI=1S/C14H14ClFN2O/c1-4-12-17-13(8(2)14(15)18-12)9-5-6-11(19-3)10(16)7-9/h5-7H,4H2,1-3H3. The number of hydrogen-bond donors (Lipinski definition) is 0. The van der Waals surface area contributed by atoms with Gasteiger partial charge in [0.2, 0.25) is 0 Å². The molecule has 3 nitrogen and oxygen atoms in total. The van der Waals surface area contributed by atoms with E-state index in [-0.39, 0.29) is 5.75 Å². The Morgan fingerprint density at radius 2 is 2.05 bits per heavy atom. The molecule has 0 amide bonds. The molecule has 5 heteroatoms. The first-order chi connectivity index (χ1) is 9.06. The van der Waals surface area contributed by atoms with Crippen molar-refractivity contribution in [3.63, 3.8) is 0 Å². The van der Waals surface area contributed by atoms with E-state index in [0.29, 0.717) is 28.7 Å². The Labute approximate surface area is 116 Å². The molecular weight excluding hydrogens is 267 g/mol. The van der Waals surface area contributed by atoms with Gasteiger partial charge in [0.05, 0.1) is 12.8 Å². The summed E-state index contributed by atoms with van der Waals surface area (Å²) in [6.07, 6.45) is 0.672. The summed E-state index contributed by atoms with van der Waals surface area (Å²) in [5, 5.41) is 0.401. The molecule has 0 fully saturated rings.